The van der Waals surface area contributed by atoms with Gasteiger partial charge in [0.05, 0.1) is 11.4 Å². The van der Waals surface area contributed by atoms with Crippen molar-refractivity contribution in [3.05, 3.63) is 85.7 Å². The van der Waals surface area contributed by atoms with Crippen LogP contribution >= 0.6 is 11.6 Å². The summed E-state index contributed by atoms with van der Waals surface area (Å²) in [6.07, 6.45) is 0. The Bertz CT molecular complexity index is 1140. The number of hydrogen-bond donors (Lipinski definition) is 3. The van der Waals surface area contributed by atoms with E-state index in [9.17, 15) is 24.5 Å². The second kappa shape index (κ2) is 8.92. The van der Waals surface area contributed by atoms with Gasteiger partial charge in [0, 0.05) is 22.2 Å². The zero-order valence-corrected chi connectivity index (χ0v) is 15.9. The van der Waals surface area contributed by atoms with Crippen molar-refractivity contribution in [1.82, 2.24) is 20.6 Å². The molecule has 0 aliphatic carbocycles. The third-order valence-corrected chi connectivity index (χ3v) is 4.13. The lowest BCUT2D eigenvalue weighted by atomic mass is 10.1. The van der Waals surface area contributed by atoms with Crippen molar-refractivity contribution >= 4 is 23.4 Å². The van der Waals surface area contributed by atoms with E-state index in [0.29, 0.717) is 16.4 Å². The van der Waals surface area contributed by atoms with E-state index in [-0.39, 0.29) is 11.1 Å². The van der Waals surface area contributed by atoms with Gasteiger partial charge < -0.3 is 4.84 Å². The van der Waals surface area contributed by atoms with Crippen LogP contribution in [0.2, 0.25) is 5.02 Å². The van der Waals surface area contributed by atoms with Crippen LogP contribution in [-0.2, 0) is 9.63 Å². The van der Waals surface area contributed by atoms with Gasteiger partial charge in [-0.15, -0.1) is 10.1 Å². The summed E-state index contributed by atoms with van der Waals surface area (Å²) in [5, 5.41) is 12.2. The number of carbonyl (C=O) groups excluding carboxylic acids is 2. The predicted octanol–water partition coefficient (Wildman–Crippen LogP) is 1.46. The normalized spacial score (nSPS) is 10.3. The monoisotopic (exact) mass is 431 g/mol. The molecule has 1 aromatic heterocycles. The van der Waals surface area contributed by atoms with Crippen LogP contribution in [-0.4, -0.2) is 33.3 Å². The molecule has 0 saturated carbocycles. The summed E-state index contributed by atoms with van der Waals surface area (Å²) in [4.78, 5) is 49.2. The van der Waals surface area contributed by atoms with Crippen LogP contribution < -0.4 is 16.4 Å². The largest absolute Gasteiger partial charge is 0.304 e. The summed E-state index contributed by atoms with van der Waals surface area (Å²) in [6.45, 7) is -0.847. The molecule has 0 aliphatic rings. The topological polar surface area (TPSA) is 148 Å². The second-order valence-corrected chi connectivity index (χ2v) is 6.33. The zero-order chi connectivity index (χ0) is 21.7. The Labute approximate surface area is 173 Å². The summed E-state index contributed by atoms with van der Waals surface area (Å²) in [5.74, 6) is -1.54. The van der Waals surface area contributed by atoms with Crippen molar-refractivity contribution in [2.75, 3.05) is 6.61 Å². The van der Waals surface area contributed by atoms with Crippen molar-refractivity contribution in [3.8, 4) is 16.9 Å². The molecule has 0 bridgehead atoms. The van der Waals surface area contributed by atoms with Crippen LogP contribution in [0.4, 0.5) is 0 Å². The first kappa shape index (κ1) is 20.6. The summed E-state index contributed by atoms with van der Waals surface area (Å²) in [6, 6.07) is 14.6. The SMILES string of the molecule is O=C(CO[N+](=O)[O-])NNC(=O)c1ccc(-n2[nH]c(=O)cc2-c2ccc(Cl)cc2)cc1. The first-order valence-corrected chi connectivity index (χ1v) is 8.76. The molecule has 3 aromatic rings. The fourth-order valence-corrected chi connectivity index (χ4v) is 2.66. The summed E-state index contributed by atoms with van der Waals surface area (Å²) < 4.78 is 1.56. The predicted molar refractivity (Wildman–Crippen MR) is 105 cm³/mol. The minimum Gasteiger partial charge on any atom is -0.304 e. The highest BCUT2D eigenvalue weighted by atomic mass is 35.5. The van der Waals surface area contributed by atoms with Gasteiger partial charge in [0.2, 0.25) is 0 Å². The molecule has 154 valence electrons. The van der Waals surface area contributed by atoms with E-state index in [1.54, 1.807) is 41.1 Å². The number of halogens is 1. The number of hydrazine groups is 1. The molecule has 30 heavy (non-hydrogen) atoms. The summed E-state index contributed by atoms with van der Waals surface area (Å²) >= 11 is 5.91. The Morgan fingerprint density at radius 3 is 2.40 bits per heavy atom. The lowest BCUT2D eigenvalue weighted by molar-refractivity contribution is -0.754. The van der Waals surface area contributed by atoms with E-state index in [1.807, 2.05) is 5.43 Å². The number of H-pyrrole nitrogens is 1. The maximum absolute atomic E-state index is 12.1. The van der Waals surface area contributed by atoms with Gasteiger partial charge in [-0.2, -0.15) is 0 Å². The van der Waals surface area contributed by atoms with Crippen LogP contribution in [0.5, 0.6) is 0 Å². The fourth-order valence-electron chi connectivity index (χ4n) is 2.54. The molecule has 0 unspecified atom stereocenters. The number of amides is 2. The molecule has 12 heteroatoms. The smallest absolute Gasteiger partial charge is 0.295 e. The molecule has 0 saturated heterocycles. The van der Waals surface area contributed by atoms with Crippen LogP contribution in [0, 0.1) is 10.1 Å². The molecular formula is C18H14ClN5O6. The zero-order valence-electron chi connectivity index (χ0n) is 15.1. The standard InChI is InChI=1S/C18H14ClN5O6/c19-13-5-1-11(2-6-13)15-9-16(25)22-23(15)14-7-3-12(4-8-14)18(27)21-20-17(26)10-30-24(28)29/h1-9H,10H2,(H,20,26)(H,21,27)(H,22,25). The number of rotatable bonds is 6. The molecule has 2 aromatic carbocycles. The molecule has 3 rings (SSSR count). The van der Waals surface area contributed by atoms with Crippen LogP contribution in [0.25, 0.3) is 16.9 Å². The Morgan fingerprint density at radius 1 is 1.10 bits per heavy atom. The minimum absolute atomic E-state index is 0.205. The Kier molecular flexibility index (Phi) is 6.13. The number of hydrogen-bond acceptors (Lipinski definition) is 6. The molecule has 1 heterocycles. The van der Waals surface area contributed by atoms with E-state index in [0.717, 1.165) is 5.56 Å². The maximum Gasteiger partial charge on any atom is 0.295 e. The Balaban J connectivity index is 1.73. The average Bonchev–Trinajstić information content (AvgIpc) is 3.12. The van der Waals surface area contributed by atoms with Crippen molar-refractivity contribution < 1.29 is 19.5 Å². The molecule has 0 fully saturated rings. The first-order chi connectivity index (χ1) is 14.3. The Morgan fingerprint density at radius 2 is 1.77 bits per heavy atom. The number of aromatic amines is 1. The molecular weight excluding hydrogens is 418 g/mol. The van der Waals surface area contributed by atoms with Gasteiger partial charge in [-0.1, -0.05) is 23.7 Å². The molecule has 11 nitrogen and oxygen atoms in total. The van der Waals surface area contributed by atoms with Gasteiger partial charge >= 0.3 is 0 Å². The van der Waals surface area contributed by atoms with Gasteiger partial charge in [-0.25, -0.2) is 0 Å². The van der Waals surface area contributed by atoms with E-state index in [1.165, 1.54) is 18.2 Å². The van der Waals surface area contributed by atoms with E-state index >= 15 is 0 Å². The molecule has 3 N–H and O–H groups in total. The van der Waals surface area contributed by atoms with Crippen molar-refractivity contribution in [3.63, 3.8) is 0 Å². The van der Waals surface area contributed by atoms with E-state index < -0.39 is 23.5 Å². The third-order valence-electron chi connectivity index (χ3n) is 3.87. The van der Waals surface area contributed by atoms with Gasteiger partial charge in [-0.05, 0) is 36.4 Å². The molecule has 0 aliphatic heterocycles. The Hall–Kier alpha value is -4.12. The van der Waals surface area contributed by atoms with E-state index in [2.05, 4.69) is 15.4 Å². The number of nitrogens with one attached hydrogen (secondary N) is 3. The highest BCUT2D eigenvalue weighted by Gasteiger charge is 2.12. The fraction of sp³-hybridized carbons (Fsp3) is 0.0556. The number of carbonyl (C=O) groups is 2. The molecule has 2 amide bonds. The number of benzene rings is 2. The second-order valence-electron chi connectivity index (χ2n) is 5.89. The summed E-state index contributed by atoms with van der Waals surface area (Å²) in [7, 11) is 0. The van der Waals surface area contributed by atoms with Crippen molar-refractivity contribution in [1.29, 1.82) is 0 Å². The van der Waals surface area contributed by atoms with Gasteiger partial charge in [0.25, 0.3) is 22.5 Å². The number of aromatic nitrogens is 2. The lowest BCUT2D eigenvalue weighted by Crippen LogP contribution is -2.43. The van der Waals surface area contributed by atoms with Gasteiger partial charge in [0.1, 0.15) is 0 Å². The minimum atomic E-state index is -1.12. The van der Waals surface area contributed by atoms with Crippen molar-refractivity contribution in [2.24, 2.45) is 0 Å². The van der Waals surface area contributed by atoms with Crippen LogP contribution in [0.3, 0.4) is 0 Å². The molecule has 0 spiro atoms. The molecule has 0 radical (unpaired) electrons. The molecule has 0 atom stereocenters. The quantitative estimate of drug-likeness (QED) is 0.397. The van der Waals surface area contributed by atoms with Gasteiger partial charge in [0.15, 0.2) is 6.61 Å². The van der Waals surface area contributed by atoms with E-state index in [4.69, 9.17) is 11.6 Å². The van der Waals surface area contributed by atoms with Crippen LogP contribution in [0.1, 0.15) is 10.4 Å². The number of nitrogens with zero attached hydrogens (tertiary/aromatic N) is 2. The summed E-state index contributed by atoms with van der Waals surface area (Å²) in [5.41, 5.74) is 5.95. The van der Waals surface area contributed by atoms with Crippen LogP contribution in [0.15, 0.2) is 59.4 Å². The highest BCUT2D eigenvalue weighted by Crippen LogP contribution is 2.23. The maximum atomic E-state index is 12.1. The first-order valence-electron chi connectivity index (χ1n) is 8.38. The third kappa shape index (κ3) is 5.02. The van der Waals surface area contributed by atoms with Gasteiger partial charge in [-0.3, -0.25) is 35.0 Å². The highest BCUT2D eigenvalue weighted by molar-refractivity contribution is 6.30. The average molecular weight is 432 g/mol. The van der Waals surface area contributed by atoms with Crippen molar-refractivity contribution in [2.45, 2.75) is 0 Å². The lowest BCUT2D eigenvalue weighted by Gasteiger charge is -2.10.